The van der Waals surface area contributed by atoms with Crippen LogP contribution in [0.5, 0.6) is 5.75 Å². The smallest absolute Gasteiger partial charge is 0.171 e. The lowest BCUT2D eigenvalue weighted by atomic mass is 9.89. The van der Waals surface area contributed by atoms with Gasteiger partial charge in [-0.3, -0.25) is 0 Å². The van der Waals surface area contributed by atoms with Gasteiger partial charge in [0.15, 0.2) is 5.11 Å². The van der Waals surface area contributed by atoms with E-state index in [-0.39, 0.29) is 11.6 Å². The molecule has 0 amide bonds. The molecule has 0 saturated heterocycles. The molecule has 2 aromatic carbocycles. The lowest BCUT2D eigenvalue weighted by Crippen LogP contribution is -2.42. The number of ether oxygens (including phenoxy) is 1. The summed E-state index contributed by atoms with van der Waals surface area (Å²) in [7, 11) is 0. The van der Waals surface area contributed by atoms with Crippen LogP contribution in [0, 0.1) is 6.92 Å². The number of benzene rings is 2. The largest absolute Gasteiger partial charge is 0.487 e. The molecule has 24 heavy (non-hydrogen) atoms. The number of thiocarbonyl (C=S) groups is 1. The van der Waals surface area contributed by atoms with E-state index in [0.717, 1.165) is 27.9 Å². The molecule has 0 radical (unpaired) electrons. The molecule has 0 saturated carbocycles. The van der Waals surface area contributed by atoms with Gasteiger partial charge in [0.1, 0.15) is 11.4 Å². The Bertz CT molecular complexity index is 758. The van der Waals surface area contributed by atoms with Crippen molar-refractivity contribution in [1.29, 1.82) is 0 Å². The fourth-order valence-electron chi connectivity index (χ4n) is 2.96. The van der Waals surface area contributed by atoms with Crippen LogP contribution in [0.3, 0.4) is 0 Å². The van der Waals surface area contributed by atoms with Crippen molar-refractivity contribution >= 4 is 38.9 Å². The van der Waals surface area contributed by atoms with Crippen LogP contribution in [0.15, 0.2) is 46.9 Å². The van der Waals surface area contributed by atoms with Gasteiger partial charge in [-0.05, 0) is 63.3 Å². The molecule has 1 heterocycles. The molecular weight excluding hydrogens is 384 g/mol. The van der Waals surface area contributed by atoms with Gasteiger partial charge in [-0.2, -0.15) is 0 Å². The highest BCUT2D eigenvalue weighted by molar-refractivity contribution is 9.10. The van der Waals surface area contributed by atoms with E-state index in [0.29, 0.717) is 5.11 Å². The lowest BCUT2D eigenvalue weighted by Gasteiger charge is -2.38. The monoisotopic (exact) mass is 404 g/mol. The van der Waals surface area contributed by atoms with E-state index in [2.05, 4.69) is 59.5 Å². The number of halogens is 1. The van der Waals surface area contributed by atoms with Gasteiger partial charge in [-0.1, -0.05) is 33.6 Å². The Morgan fingerprint density at radius 2 is 1.92 bits per heavy atom. The molecule has 1 atom stereocenters. The maximum atomic E-state index is 6.11. The Balaban J connectivity index is 1.77. The Morgan fingerprint density at radius 1 is 1.21 bits per heavy atom. The van der Waals surface area contributed by atoms with E-state index in [4.69, 9.17) is 17.0 Å². The predicted molar refractivity (Wildman–Crippen MR) is 107 cm³/mol. The van der Waals surface area contributed by atoms with Crippen molar-refractivity contribution < 1.29 is 4.74 Å². The molecule has 2 aromatic rings. The Morgan fingerprint density at radius 3 is 2.62 bits per heavy atom. The highest BCUT2D eigenvalue weighted by atomic mass is 79.9. The zero-order chi connectivity index (χ0) is 17.3. The van der Waals surface area contributed by atoms with Crippen LogP contribution in [-0.4, -0.2) is 10.7 Å². The van der Waals surface area contributed by atoms with Gasteiger partial charge < -0.3 is 15.4 Å². The first-order chi connectivity index (χ1) is 11.3. The Hall–Kier alpha value is -1.59. The summed E-state index contributed by atoms with van der Waals surface area (Å²) in [6.45, 7) is 6.31. The molecule has 3 nitrogen and oxygen atoms in total. The fraction of sp³-hybridized carbons (Fsp3) is 0.316. The summed E-state index contributed by atoms with van der Waals surface area (Å²) < 4.78 is 7.15. The summed E-state index contributed by atoms with van der Waals surface area (Å²) in [4.78, 5) is 0. The molecule has 0 spiro atoms. The van der Waals surface area contributed by atoms with Crippen molar-refractivity contribution in [3.63, 3.8) is 0 Å². The second-order valence-electron chi connectivity index (χ2n) is 6.77. The minimum absolute atomic E-state index is 0.124. The normalized spacial score (nSPS) is 18.2. The quantitative estimate of drug-likeness (QED) is 0.661. The predicted octanol–water partition coefficient (Wildman–Crippen LogP) is 5.35. The first-order valence-electron chi connectivity index (χ1n) is 7.95. The van der Waals surface area contributed by atoms with Crippen molar-refractivity contribution in [1.82, 2.24) is 5.32 Å². The van der Waals surface area contributed by atoms with Crippen molar-refractivity contribution in [3.8, 4) is 5.75 Å². The number of aryl methyl sites for hydroxylation is 1. The molecule has 0 unspecified atom stereocenters. The standard InChI is InChI=1S/C19H21BrN2OS/c1-12-4-9-17-15(10-12)16(11-19(2,3)23-17)22-18(24)21-14-7-5-13(20)6-8-14/h4-10,16H,11H2,1-3H3,(H2,21,22,24)/t16-/m1/s1. The first-order valence-corrected chi connectivity index (χ1v) is 9.15. The summed E-state index contributed by atoms with van der Waals surface area (Å²) in [5, 5.41) is 7.32. The number of fused-ring (bicyclic) bond motifs is 1. The minimum Gasteiger partial charge on any atom is -0.487 e. The summed E-state index contributed by atoms with van der Waals surface area (Å²) in [6, 6.07) is 14.4. The van der Waals surface area contributed by atoms with Gasteiger partial charge in [-0.25, -0.2) is 0 Å². The summed E-state index contributed by atoms with van der Waals surface area (Å²) in [5.41, 5.74) is 3.11. The van der Waals surface area contributed by atoms with E-state index in [9.17, 15) is 0 Å². The molecule has 2 N–H and O–H groups in total. The van der Waals surface area contributed by atoms with Crippen LogP contribution in [0.1, 0.15) is 37.4 Å². The molecule has 1 aliphatic heterocycles. The molecule has 0 aromatic heterocycles. The average molecular weight is 405 g/mol. The zero-order valence-electron chi connectivity index (χ0n) is 14.0. The summed E-state index contributed by atoms with van der Waals surface area (Å²) >= 11 is 8.95. The van der Waals surface area contributed by atoms with Crippen molar-refractivity contribution in [2.45, 2.75) is 38.8 Å². The summed E-state index contributed by atoms with van der Waals surface area (Å²) in [6.07, 6.45) is 0.853. The van der Waals surface area contributed by atoms with Crippen molar-refractivity contribution in [2.75, 3.05) is 5.32 Å². The number of hydrogen-bond acceptors (Lipinski definition) is 2. The number of anilines is 1. The topological polar surface area (TPSA) is 33.3 Å². The van der Waals surface area contributed by atoms with Gasteiger partial charge in [0.25, 0.3) is 0 Å². The SMILES string of the molecule is Cc1ccc2c(c1)[C@H](NC(=S)Nc1ccc(Br)cc1)CC(C)(C)O2. The van der Waals surface area contributed by atoms with Crippen molar-refractivity contribution in [3.05, 3.63) is 58.1 Å². The highest BCUT2D eigenvalue weighted by Gasteiger charge is 2.34. The number of hydrogen-bond donors (Lipinski definition) is 2. The number of nitrogens with one attached hydrogen (secondary N) is 2. The molecule has 0 fully saturated rings. The second kappa shape index (κ2) is 6.73. The second-order valence-corrected chi connectivity index (χ2v) is 8.09. The van der Waals surface area contributed by atoms with E-state index in [1.165, 1.54) is 5.56 Å². The van der Waals surface area contributed by atoms with E-state index in [1.54, 1.807) is 0 Å². The third kappa shape index (κ3) is 4.08. The average Bonchev–Trinajstić information content (AvgIpc) is 2.49. The molecule has 0 bridgehead atoms. The Labute approximate surface area is 156 Å². The summed E-state index contributed by atoms with van der Waals surface area (Å²) in [5.74, 6) is 0.931. The molecule has 126 valence electrons. The first kappa shape index (κ1) is 17.2. The van der Waals surface area contributed by atoms with Gasteiger partial charge in [0.2, 0.25) is 0 Å². The van der Waals surface area contributed by atoms with Crippen LogP contribution in [-0.2, 0) is 0 Å². The number of rotatable bonds is 2. The molecule has 3 rings (SSSR count). The third-order valence-electron chi connectivity index (χ3n) is 4.03. The lowest BCUT2D eigenvalue weighted by molar-refractivity contribution is 0.0696. The van der Waals surface area contributed by atoms with Gasteiger partial charge in [0.05, 0.1) is 6.04 Å². The maximum absolute atomic E-state index is 6.11. The minimum atomic E-state index is -0.229. The third-order valence-corrected chi connectivity index (χ3v) is 4.78. The van der Waals surface area contributed by atoms with Gasteiger partial charge >= 0.3 is 0 Å². The zero-order valence-corrected chi connectivity index (χ0v) is 16.4. The molecule has 0 aliphatic carbocycles. The maximum Gasteiger partial charge on any atom is 0.171 e. The van der Waals surface area contributed by atoms with Crippen LogP contribution in [0.2, 0.25) is 0 Å². The van der Waals surface area contributed by atoms with Crippen LogP contribution >= 0.6 is 28.1 Å². The van der Waals surface area contributed by atoms with Crippen LogP contribution in [0.4, 0.5) is 5.69 Å². The fourth-order valence-corrected chi connectivity index (χ4v) is 3.49. The van der Waals surface area contributed by atoms with E-state index < -0.39 is 0 Å². The van der Waals surface area contributed by atoms with Gasteiger partial charge in [0, 0.05) is 22.1 Å². The van der Waals surface area contributed by atoms with Crippen molar-refractivity contribution in [2.24, 2.45) is 0 Å². The molecular formula is C19H21BrN2OS. The Kier molecular flexibility index (Phi) is 4.83. The molecule has 1 aliphatic rings. The highest BCUT2D eigenvalue weighted by Crippen LogP contribution is 2.39. The van der Waals surface area contributed by atoms with Gasteiger partial charge in [-0.15, -0.1) is 0 Å². The van der Waals surface area contributed by atoms with Crippen LogP contribution in [0.25, 0.3) is 0 Å². The van der Waals surface area contributed by atoms with E-state index >= 15 is 0 Å². The molecule has 5 heteroatoms. The van der Waals surface area contributed by atoms with Crippen LogP contribution < -0.4 is 15.4 Å². The van der Waals surface area contributed by atoms with E-state index in [1.807, 2.05) is 30.3 Å².